The van der Waals surface area contributed by atoms with Crippen LogP contribution >= 0.6 is 0 Å². The molecule has 10 heavy (non-hydrogen) atoms. The van der Waals surface area contributed by atoms with Gasteiger partial charge in [0.05, 0.1) is 7.11 Å². The van der Waals surface area contributed by atoms with Gasteiger partial charge in [0.2, 0.25) is 0 Å². The van der Waals surface area contributed by atoms with E-state index in [1.54, 1.807) is 0 Å². The molecular formula is C7H13NO2. The number of hydrogen-bond acceptors (Lipinski definition) is 3. The smallest absolute Gasteiger partial charge is 0.322 e. The number of hydrogen-bond donors (Lipinski definition) is 1. The molecule has 2 atom stereocenters. The second-order valence-corrected chi connectivity index (χ2v) is 2.72. The molecule has 0 aromatic carbocycles. The summed E-state index contributed by atoms with van der Waals surface area (Å²) in [4.78, 5) is 10.9. The molecule has 1 saturated heterocycles. The number of methoxy groups -OCH3 is 1. The fraction of sp³-hybridized carbons (Fsp3) is 0.857. The van der Waals surface area contributed by atoms with E-state index in [0.717, 1.165) is 12.8 Å². The Kier molecular flexibility index (Phi) is 2.27. The Morgan fingerprint density at radius 1 is 1.60 bits per heavy atom. The van der Waals surface area contributed by atoms with Crippen molar-refractivity contribution in [3.8, 4) is 0 Å². The highest BCUT2D eigenvalue weighted by Gasteiger charge is 2.26. The van der Waals surface area contributed by atoms with E-state index < -0.39 is 0 Å². The molecule has 0 aromatic rings. The first-order chi connectivity index (χ1) is 4.74. The average Bonchev–Trinajstić information content (AvgIpc) is 2.34. The molecule has 1 rings (SSSR count). The molecule has 3 heteroatoms. The molecule has 1 N–H and O–H groups in total. The lowest BCUT2D eigenvalue weighted by Crippen LogP contribution is -2.34. The van der Waals surface area contributed by atoms with Gasteiger partial charge < -0.3 is 10.1 Å². The maximum atomic E-state index is 10.9. The van der Waals surface area contributed by atoms with Crippen molar-refractivity contribution in [1.29, 1.82) is 0 Å². The summed E-state index contributed by atoms with van der Waals surface area (Å²) >= 11 is 0. The van der Waals surface area contributed by atoms with Gasteiger partial charge in [-0.25, -0.2) is 0 Å². The molecule has 3 nitrogen and oxygen atoms in total. The van der Waals surface area contributed by atoms with Crippen LogP contribution in [-0.4, -0.2) is 25.2 Å². The van der Waals surface area contributed by atoms with Gasteiger partial charge in [-0.05, 0) is 19.8 Å². The van der Waals surface area contributed by atoms with Gasteiger partial charge in [0.25, 0.3) is 0 Å². The topological polar surface area (TPSA) is 38.3 Å². The summed E-state index contributed by atoms with van der Waals surface area (Å²) in [5.74, 6) is -0.135. The third-order valence-corrected chi connectivity index (χ3v) is 1.86. The third kappa shape index (κ3) is 1.48. The number of ether oxygens (including phenoxy) is 1. The first-order valence-corrected chi connectivity index (χ1v) is 3.58. The minimum Gasteiger partial charge on any atom is -0.468 e. The Labute approximate surface area is 60.7 Å². The summed E-state index contributed by atoms with van der Waals surface area (Å²) in [6.45, 7) is 2.07. The first kappa shape index (κ1) is 7.54. The van der Waals surface area contributed by atoms with Crippen LogP contribution in [-0.2, 0) is 9.53 Å². The van der Waals surface area contributed by atoms with Crippen LogP contribution in [0.1, 0.15) is 19.8 Å². The second-order valence-electron chi connectivity index (χ2n) is 2.72. The zero-order valence-corrected chi connectivity index (χ0v) is 6.39. The van der Waals surface area contributed by atoms with E-state index in [4.69, 9.17) is 0 Å². The largest absolute Gasteiger partial charge is 0.468 e. The van der Waals surface area contributed by atoms with Crippen LogP contribution in [0.25, 0.3) is 0 Å². The predicted molar refractivity (Wildman–Crippen MR) is 37.6 cm³/mol. The van der Waals surface area contributed by atoms with Crippen molar-refractivity contribution in [3.05, 3.63) is 0 Å². The van der Waals surface area contributed by atoms with E-state index in [1.165, 1.54) is 7.11 Å². The van der Waals surface area contributed by atoms with Crippen molar-refractivity contribution in [2.24, 2.45) is 0 Å². The molecule has 0 aromatic heterocycles. The van der Waals surface area contributed by atoms with Gasteiger partial charge in [0.15, 0.2) is 0 Å². The van der Waals surface area contributed by atoms with Crippen molar-refractivity contribution in [1.82, 2.24) is 5.32 Å². The maximum Gasteiger partial charge on any atom is 0.322 e. The monoisotopic (exact) mass is 143 g/mol. The lowest BCUT2D eigenvalue weighted by atomic mass is 10.2. The minimum absolute atomic E-state index is 0.0556. The van der Waals surface area contributed by atoms with Crippen molar-refractivity contribution >= 4 is 5.97 Å². The van der Waals surface area contributed by atoms with Gasteiger partial charge in [-0.15, -0.1) is 0 Å². The van der Waals surface area contributed by atoms with Crippen LogP contribution in [0.5, 0.6) is 0 Å². The second kappa shape index (κ2) is 3.01. The summed E-state index contributed by atoms with van der Waals surface area (Å²) in [6.07, 6.45) is 1.98. The highest BCUT2D eigenvalue weighted by molar-refractivity contribution is 5.75. The normalized spacial score (nSPS) is 32.2. The zero-order chi connectivity index (χ0) is 7.56. The standard InChI is InChI=1S/C7H13NO2/c1-5-3-4-6(8-5)7(9)10-2/h5-6,8H,3-4H2,1-2H3/t5-,6-/m1/s1. The molecule has 0 unspecified atom stereocenters. The van der Waals surface area contributed by atoms with Crippen LogP contribution in [0.3, 0.4) is 0 Å². The third-order valence-electron chi connectivity index (χ3n) is 1.86. The Balaban J connectivity index is 2.37. The molecule has 1 aliphatic rings. The number of carbonyl (C=O) groups is 1. The molecule has 0 amide bonds. The van der Waals surface area contributed by atoms with Crippen LogP contribution < -0.4 is 5.32 Å². The summed E-state index contributed by atoms with van der Waals surface area (Å²) in [7, 11) is 1.42. The van der Waals surface area contributed by atoms with Crippen molar-refractivity contribution in [2.45, 2.75) is 31.8 Å². The van der Waals surface area contributed by atoms with Gasteiger partial charge in [-0.3, -0.25) is 4.79 Å². The summed E-state index contributed by atoms with van der Waals surface area (Å²) < 4.78 is 4.58. The van der Waals surface area contributed by atoms with Crippen molar-refractivity contribution in [2.75, 3.05) is 7.11 Å². The molecule has 0 bridgehead atoms. The Morgan fingerprint density at radius 2 is 2.30 bits per heavy atom. The van der Waals surface area contributed by atoms with Gasteiger partial charge in [-0.1, -0.05) is 0 Å². The highest BCUT2D eigenvalue weighted by Crippen LogP contribution is 2.11. The summed E-state index contributed by atoms with van der Waals surface area (Å²) in [5.41, 5.74) is 0. The van der Waals surface area contributed by atoms with Gasteiger partial charge >= 0.3 is 5.97 Å². The van der Waals surface area contributed by atoms with E-state index in [2.05, 4.69) is 17.0 Å². The summed E-state index contributed by atoms with van der Waals surface area (Å²) in [6, 6.07) is 0.407. The van der Waals surface area contributed by atoms with Gasteiger partial charge in [0.1, 0.15) is 6.04 Å². The molecule has 1 heterocycles. The van der Waals surface area contributed by atoms with E-state index in [1.807, 2.05) is 0 Å². The predicted octanol–water partition coefficient (Wildman–Crippen LogP) is 0.300. The molecule has 0 radical (unpaired) electrons. The molecule has 1 aliphatic heterocycles. The van der Waals surface area contributed by atoms with E-state index in [0.29, 0.717) is 6.04 Å². The number of esters is 1. The minimum atomic E-state index is -0.135. The van der Waals surface area contributed by atoms with Crippen LogP contribution in [0.15, 0.2) is 0 Å². The Hall–Kier alpha value is -0.570. The lowest BCUT2D eigenvalue weighted by molar-refractivity contribution is -0.142. The molecule has 1 fully saturated rings. The fourth-order valence-corrected chi connectivity index (χ4v) is 1.25. The summed E-state index contributed by atoms with van der Waals surface area (Å²) in [5, 5.41) is 3.13. The van der Waals surface area contributed by atoms with Gasteiger partial charge in [0, 0.05) is 6.04 Å². The number of rotatable bonds is 1. The SMILES string of the molecule is COC(=O)[C@H]1CC[C@@H](C)N1. The van der Waals surface area contributed by atoms with E-state index in [9.17, 15) is 4.79 Å². The van der Waals surface area contributed by atoms with Crippen LogP contribution in [0, 0.1) is 0 Å². The number of nitrogens with one attached hydrogen (secondary N) is 1. The number of carbonyl (C=O) groups excluding carboxylic acids is 1. The van der Waals surface area contributed by atoms with Crippen LogP contribution in [0.2, 0.25) is 0 Å². The lowest BCUT2D eigenvalue weighted by Gasteiger charge is -2.07. The Morgan fingerprint density at radius 3 is 2.70 bits per heavy atom. The fourth-order valence-electron chi connectivity index (χ4n) is 1.25. The highest BCUT2D eigenvalue weighted by atomic mass is 16.5. The maximum absolute atomic E-state index is 10.9. The van der Waals surface area contributed by atoms with Crippen molar-refractivity contribution < 1.29 is 9.53 Å². The quantitative estimate of drug-likeness (QED) is 0.536. The van der Waals surface area contributed by atoms with Crippen molar-refractivity contribution in [3.63, 3.8) is 0 Å². The molecule has 0 saturated carbocycles. The van der Waals surface area contributed by atoms with E-state index in [-0.39, 0.29) is 12.0 Å². The van der Waals surface area contributed by atoms with Gasteiger partial charge in [-0.2, -0.15) is 0 Å². The first-order valence-electron chi connectivity index (χ1n) is 3.58. The molecule has 0 aliphatic carbocycles. The van der Waals surface area contributed by atoms with E-state index >= 15 is 0 Å². The molecule has 0 spiro atoms. The molecule has 58 valence electrons. The Bertz CT molecular complexity index is 136. The average molecular weight is 143 g/mol. The van der Waals surface area contributed by atoms with Crippen LogP contribution in [0.4, 0.5) is 0 Å². The molecular weight excluding hydrogens is 130 g/mol. The zero-order valence-electron chi connectivity index (χ0n) is 6.39.